The number of sulfonamides is 1. The monoisotopic (exact) mass is 422 g/mol. The van der Waals surface area contributed by atoms with E-state index in [-0.39, 0.29) is 9.92 Å². The second-order valence-electron chi connectivity index (χ2n) is 6.50. The predicted molar refractivity (Wildman–Crippen MR) is 108 cm³/mol. The normalized spacial score (nSPS) is 15.9. The van der Waals surface area contributed by atoms with E-state index in [1.165, 1.54) is 16.4 Å². The zero-order valence-electron chi connectivity index (χ0n) is 15.1. The third-order valence-corrected chi connectivity index (χ3v) is 7.23. The molecule has 28 heavy (non-hydrogen) atoms. The van der Waals surface area contributed by atoms with Gasteiger partial charge in [-0.1, -0.05) is 11.6 Å². The van der Waals surface area contributed by atoms with Crippen LogP contribution in [0.2, 0.25) is 5.02 Å². The number of fused-ring (bicyclic) bond motifs is 1. The van der Waals surface area contributed by atoms with Crippen molar-refractivity contribution in [2.75, 3.05) is 38.2 Å². The molecule has 1 fully saturated rings. The molecule has 2 aromatic carbocycles. The minimum Gasteiger partial charge on any atom is -0.497 e. The molecule has 1 aromatic heterocycles. The van der Waals surface area contributed by atoms with Gasteiger partial charge in [0.25, 0.3) is 0 Å². The fraction of sp³-hybridized carbons (Fsp3) is 0.278. The minimum absolute atomic E-state index is 0.00480. The molecule has 0 spiro atoms. The van der Waals surface area contributed by atoms with Gasteiger partial charge in [0.15, 0.2) is 0 Å². The van der Waals surface area contributed by atoms with E-state index in [1.807, 2.05) is 24.3 Å². The first kappa shape index (κ1) is 18.9. The number of anilines is 1. The van der Waals surface area contributed by atoms with Crippen LogP contribution in [0.1, 0.15) is 0 Å². The van der Waals surface area contributed by atoms with Gasteiger partial charge in [0.05, 0.1) is 23.2 Å². The van der Waals surface area contributed by atoms with Gasteiger partial charge in [0.1, 0.15) is 10.6 Å². The van der Waals surface area contributed by atoms with Gasteiger partial charge < -0.3 is 19.6 Å². The number of nitrogens with one attached hydrogen (secondary N) is 2. The molecular weight excluding hydrogens is 404 g/mol. The van der Waals surface area contributed by atoms with Crippen molar-refractivity contribution in [3.05, 3.63) is 51.9 Å². The minimum atomic E-state index is -3.77. The predicted octanol–water partition coefficient (Wildman–Crippen LogP) is 2.03. The van der Waals surface area contributed by atoms with Gasteiger partial charge in [-0.15, -0.1) is 0 Å². The number of halogens is 1. The molecule has 0 bridgehead atoms. The van der Waals surface area contributed by atoms with Crippen molar-refractivity contribution in [1.82, 2.24) is 14.3 Å². The number of hydrogen-bond acceptors (Lipinski definition) is 5. The number of aromatic nitrogens is 2. The Kier molecular flexibility index (Phi) is 4.82. The average molecular weight is 423 g/mol. The first-order chi connectivity index (χ1) is 13.4. The Hall–Kier alpha value is -2.49. The van der Waals surface area contributed by atoms with Gasteiger partial charge in [-0.05, 0) is 36.4 Å². The van der Waals surface area contributed by atoms with E-state index in [9.17, 15) is 13.2 Å². The number of nitrogens with zero attached hydrogens (tertiary/aromatic N) is 2. The highest BCUT2D eigenvalue weighted by atomic mass is 35.5. The first-order valence-electron chi connectivity index (χ1n) is 8.69. The van der Waals surface area contributed by atoms with E-state index in [4.69, 9.17) is 16.3 Å². The number of piperazine rings is 1. The van der Waals surface area contributed by atoms with Crippen LogP contribution in [0.3, 0.4) is 0 Å². The Morgan fingerprint density at radius 1 is 1.00 bits per heavy atom. The summed E-state index contributed by atoms with van der Waals surface area (Å²) in [7, 11) is -2.16. The summed E-state index contributed by atoms with van der Waals surface area (Å²) in [5.74, 6) is 0.776. The smallest absolute Gasteiger partial charge is 0.323 e. The molecule has 8 nitrogen and oxygen atoms in total. The van der Waals surface area contributed by atoms with E-state index in [0.717, 1.165) is 11.4 Å². The van der Waals surface area contributed by atoms with Crippen LogP contribution in [0.15, 0.2) is 46.1 Å². The Morgan fingerprint density at radius 2 is 1.61 bits per heavy atom. The molecular formula is C18H19ClN4O4S. The molecule has 0 amide bonds. The lowest BCUT2D eigenvalue weighted by Crippen LogP contribution is -2.48. The molecule has 0 aliphatic carbocycles. The molecule has 10 heteroatoms. The maximum Gasteiger partial charge on any atom is 0.323 e. The lowest BCUT2D eigenvalue weighted by atomic mass is 10.2. The van der Waals surface area contributed by atoms with Gasteiger partial charge in [-0.25, -0.2) is 13.2 Å². The molecule has 0 saturated carbocycles. The number of methoxy groups -OCH3 is 1. The van der Waals surface area contributed by atoms with Crippen molar-refractivity contribution < 1.29 is 13.2 Å². The fourth-order valence-corrected chi connectivity index (χ4v) is 5.30. The van der Waals surface area contributed by atoms with Crippen LogP contribution in [-0.2, 0) is 10.0 Å². The highest BCUT2D eigenvalue weighted by molar-refractivity contribution is 7.89. The third-order valence-electron chi connectivity index (χ3n) is 4.86. The van der Waals surface area contributed by atoms with Crippen molar-refractivity contribution in [3.63, 3.8) is 0 Å². The Labute approximate surface area is 166 Å². The third kappa shape index (κ3) is 3.36. The average Bonchev–Trinajstić information content (AvgIpc) is 3.06. The van der Waals surface area contributed by atoms with Gasteiger partial charge >= 0.3 is 5.69 Å². The summed E-state index contributed by atoms with van der Waals surface area (Å²) in [4.78, 5) is 18.7. The SMILES string of the molecule is COc1ccc(N2CCN(S(=O)(=O)c3cc4[nH]c(=O)[nH]c4cc3Cl)CC2)cc1. The fourth-order valence-electron chi connectivity index (χ4n) is 3.35. The number of imidazole rings is 1. The van der Waals surface area contributed by atoms with E-state index in [2.05, 4.69) is 14.9 Å². The second-order valence-corrected chi connectivity index (χ2v) is 8.81. The lowest BCUT2D eigenvalue weighted by molar-refractivity contribution is 0.385. The van der Waals surface area contributed by atoms with Crippen LogP contribution in [-0.4, -0.2) is 56.0 Å². The summed E-state index contributed by atoms with van der Waals surface area (Å²) < 4.78 is 32.8. The van der Waals surface area contributed by atoms with Gasteiger partial charge in [-0.3, -0.25) is 0 Å². The zero-order chi connectivity index (χ0) is 19.9. The molecule has 2 N–H and O–H groups in total. The summed E-state index contributed by atoms with van der Waals surface area (Å²) >= 11 is 6.21. The number of hydrogen-bond donors (Lipinski definition) is 2. The molecule has 0 atom stereocenters. The summed E-state index contributed by atoms with van der Waals surface area (Å²) in [5.41, 5.74) is 1.49. The van der Waals surface area contributed by atoms with Crippen molar-refractivity contribution in [1.29, 1.82) is 0 Å². The van der Waals surface area contributed by atoms with E-state index in [0.29, 0.717) is 37.2 Å². The van der Waals surface area contributed by atoms with Crippen molar-refractivity contribution in [2.45, 2.75) is 4.90 Å². The molecule has 4 rings (SSSR count). The van der Waals surface area contributed by atoms with E-state index in [1.54, 1.807) is 7.11 Å². The van der Waals surface area contributed by atoms with Crippen LogP contribution < -0.4 is 15.3 Å². The van der Waals surface area contributed by atoms with E-state index >= 15 is 0 Å². The summed E-state index contributed by atoms with van der Waals surface area (Å²) in [6, 6.07) is 10.5. The molecule has 1 aliphatic rings. The van der Waals surface area contributed by atoms with Crippen molar-refractivity contribution in [2.24, 2.45) is 0 Å². The van der Waals surface area contributed by atoms with Crippen LogP contribution in [0.5, 0.6) is 5.75 Å². The highest BCUT2D eigenvalue weighted by Crippen LogP contribution is 2.29. The summed E-state index contributed by atoms with van der Waals surface area (Å²) in [5, 5.41) is 0.0836. The lowest BCUT2D eigenvalue weighted by Gasteiger charge is -2.35. The second kappa shape index (κ2) is 7.16. The van der Waals surface area contributed by atoms with Crippen LogP contribution in [0, 0.1) is 0 Å². The van der Waals surface area contributed by atoms with Crippen molar-refractivity contribution >= 4 is 38.3 Å². The topological polar surface area (TPSA) is 98.5 Å². The number of H-pyrrole nitrogens is 2. The summed E-state index contributed by atoms with van der Waals surface area (Å²) in [6.45, 7) is 1.80. The standard InChI is InChI=1S/C18H19ClN4O4S/c1-27-13-4-2-12(3-5-13)22-6-8-23(9-7-22)28(25,26)17-11-16-15(10-14(17)19)20-18(24)21-16/h2-5,10-11H,6-9H2,1H3,(H2,20,21,24). The molecule has 0 radical (unpaired) electrons. The molecule has 2 heterocycles. The first-order valence-corrected chi connectivity index (χ1v) is 10.5. The Bertz CT molecular complexity index is 1160. The molecule has 1 saturated heterocycles. The van der Waals surface area contributed by atoms with Gasteiger partial charge in [-0.2, -0.15) is 4.31 Å². The van der Waals surface area contributed by atoms with Crippen LogP contribution >= 0.6 is 11.6 Å². The van der Waals surface area contributed by atoms with Crippen molar-refractivity contribution in [3.8, 4) is 5.75 Å². The highest BCUT2D eigenvalue weighted by Gasteiger charge is 2.30. The quantitative estimate of drug-likeness (QED) is 0.670. The van der Waals surface area contributed by atoms with Gasteiger partial charge in [0, 0.05) is 31.9 Å². The maximum absolute atomic E-state index is 13.1. The zero-order valence-corrected chi connectivity index (χ0v) is 16.7. The Morgan fingerprint density at radius 3 is 2.21 bits per heavy atom. The molecule has 0 unspecified atom stereocenters. The van der Waals surface area contributed by atoms with Crippen LogP contribution in [0.4, 0.5) is 5.69 Å². The summed E-state index contributed by atoms with van der Waals surface area (Å²) in [6.07, 6.45) is 0. The van der Waals surface area contributed by atoms with Gasteiger partial charge in [0.2, 0.25) is 10.0 Å². The molecule has 3 aromatic rings. The van der Waals surface area contributed by atoms with Crippen LogP contribution in [0.25, 0.3) is 11.0 Å². The Balaban J connectivity index is 1.54. The molecule has 148 valence electrons. The number of aromatic amines is 2. The number of rotatable bonds is 4. The number of benzene rings is 2. The largest absolute Gasteiger partial charge is 0.497 e. The number of ether oxygens (including phenoxy) is 1. The van der Waals surface area contributed by atoms with E-state index < -0.39 is 15.7 Å². The molecule has 1 aliphatic heterocycles. The maximum atomic E-state index is 13.1.